The van der Waals surface area contributed by atoms with E-state index in [4.69, 9.17) is 0 Å². The highest BCUT2D eigenvalue weighted by molar-refractivity contribution is 7.99. The second-order valence-electron chi connectivity index (χ2n) is 4.63. The first kappa shape index (κ1) is 11.7. The molecule has 2 rings (SSSR count). The number of carbonyl (C=O) groups is 1. The smallest absolute Gasteiger partial charge is 0.136 e. The molecule has 16 heavy (non-hydrogen) atoms. The quantitative estimate of drug-likeness (QED) is 0.795. The van der Waals surface area contributed by atoms with E-state index in [1.165, 1.54) is 11.1 Å². The molecule has 1 aromatic rings. The maximum absolute atomic E-state index is 11.4. The van der Waals surface area contributed by atoms with Crippen LogP contribution in [0.3, 0.4) is 0 Å². The molecule has 0 aliphatic heterocycles. The van der Waals surface area contributed by atoms with E-state index in [2.05, 4.69) is 38.1 Å². The van der Waals surface area contributed by atoms with Gasteiger partial charge in [-0.25, -0.2) is 0 Å². The maximum Gasteiger partial charge on any atom is 0.136 e. The molecule has 1 aliphatic rings. The molecule has 1 aromatic carbocycles. The lowest BCUT2D eigenvalue weighted by Gasteiger charge is -2.13. The molecule has 0 saturated heterocycles. The fourth-order valence-electron chi connectivity index (χ4n) is 2.20. The van der Waals surface area contributed by atoms with Gasteiger partial charge in [0.25, 0.3) is 0 Å². The maximum atomic E-state index is 11.4. The molecular weight excluding hydrogens is 216 g/mol. The van der Waals surface area contributed by atoms with E-state index >= 15 is 0 Å². The van der Waals surface area contributed by atoms with Crippen LogP contribution in [-0.2, 0) is 10.5 Å². The third-order valence-electron chi connectivity index (χ3n) is 3.29. The Morgan fingerprint density at radius 2 is 2.25 bits per heavy atom. The number of ketones is 1. The van der Waals surface area contributed by atoms with Crippen molar-refractivity contribution >= 4 is 17.5 Å². The van der Waals surface area contributed by atoms with Crippen LogP contribution in [0.4, 0.5) is 0 Å². The van der Waals surface area contributed by atoms with Gasteiger partial charge in [0.05, 0.1) is 0 Å². The summed E-state index contributed by atoms with van der Waals surface area (Å²) in [5.41, 5.74) is 2.69. The Morgan fingerprint density at radius 1 is 1.44 bits per heavy atom. The topological polar surface area (TPSA) is 17.1 Å². The molecule has 1 saturated carbocycles. The Balaban J connectivity index is 1.90. The summed E-state index contributed by atoms with van der Waals surface area (Å²) in [6.07, 6.45) is 1.85. The van der Waals surface area contributed by atoms with Gasteiger partial charge in [-0.15, -0.1) is 0 Å². The number of rotatable bonds is 3. The van der Waals surface area contributed by atoms with Crippen LogP contribution >= 0.6 is 11.8 Å². The van der Waals surface area contributed by atoms with E-state index in [-0.39, 0.29) is 5.92 Å². The average Bonchev–Trinajstić information content (AvgIpc) is 2.57. The molecule has 1 nitrogen and oxygen atoms in total. The predicted octanol–water partition coefficient (Wildman–Crippen LogP) is 3.60. The zero-order valence-electron chi connectivity index (χ0n) is 9.90. The zero-order valence-corrected chi connectivity index (χ0v) is 10.7. The summed E-state index contributed by atoms with van der Waals surface area (Å²) in [4.78, 5) is 11.4. The molecule has 2 unspecified atom stereocenters. The highest BCUT2D eigenvalue weighted by atomic mass is 32.2. The van der Waals surface area contributed by atoms with Crippen LogP contribution in [0.1, 0.15) is 30.9 Å². The van der Waals surface area contributed by atoms with E-state index in [0.717, 1.165) is 18.6 Å². The second-order valence-corrected chi connectivity index (χ2v) is 5.86. The summed E-state index contributed by atoms with van der Waals surface area (Å²) < 4.78 is 0. The van der Waals surface area contributed by atoms with Crippen molar-refractivity contribution in [3.05, 3.63) is 35.4 Å². The van der Waals surface area contributed by atoms with Gasteiger partial charge in [-0.2, -0.15) is 11.8 Å². The van der Waals surface area contributed by atoms with Gasteiger partial charge in [-0.1, -0.05) is 36.8 Å². The van der Waals surface area contributed by atoms with Gasteiger partial charge in [-0.3, -0.25) is 4.79 Å². The number of thioether (sulfide) groups is 1. The van der Waals surface area contributed by atoms with Crippen molar-refractivity contribution in [3.63, 3.8) is 0 Å². The second kappa shape index (κ2) is 5.05. The van der Waals surface area contributed by atoms with Crippen LogP contribution in [0.25, 0.3) is 0 Å². The molecule has 0 heterocycles. The van der Waals surface area contributed by atoms with Crippen molar-refractivity contribution in [1.29, 1.82) is 0 Å². The number of Topliss-reactive ketones (excluding diaryl/α,β-unsaturated/α-hetero) is 1. The third kappa shape index (κ3) is 2.67. The lowest BCUT2D eigenvalue weighted by molar-refractivity contribution is -0.120. The van der Waals surface area contributed by atoms with Crippen molar-refractivity contribution in [2.45, 2.75) is 37.7 Å². The molecule has 0 aromatic heterocycles. The van der Waals surface area contributed by atoms with Gasteiger partial charge in [-0.05, 0) is 18.9 Å². The van der Waals surface area contributed by atoms with E-state index < -0.39 is 0 Å². The van der Waals surface area contributed by atoms with Crippen molar-refractivity contribution in [1.82, 2.24) is 0 Å². The molecule has 0 bridgehead atoms. The highest BCUT2D eigenvalue weighted by Gasteiger charge is 2.30. The molecule has 0 radical (unpaired) electrons. The minimum atomic E-state index is 0.259. The van der Waals surface area contributed by atoms with Crippen LogP contribution < -0.4 is 0 Å². The van der Waals surface area contributed by atoms with Gasteiger partial charge >= 0.3 is 0 Å². The third-order valence-corrected chi connectivity index (χ3v) is 4.86. The molecule has 1 aliphatic carbocycles. The van der Waals surface area contributed by atoms with Crippen molar-refractivity contribution in [3.8, 4) is 0 Å². The molecule has 2 heteroatoms. The van der Waals surface area contributed by atoms with Crippen LogP contribution in [0.5, 0.6) is 0 Å². The fourth-order valence-corrected chi connectivity index (χ4v) is 3.51. The summed E-state index contributed by atoms with van der Waals surface area (Å²) in [5, 5.41) is 0.535. The minimum absolute atomic E-state index is 0.259. The Hall–Kier alpha value is -0.760. The Kier molecular flexibility index (Phi) is 3.70. The lowest BCUT2D eigenvalue weighted by atomic mass is 10.1. The minimum Gasteiger partial charge on any atom is -0.299 e. The Morgan fingerprint density at radius 3 is 2.88 bits per heavy atom. The monoisotopic (exact) mass is 234 g/mol. The first-order chi connectivity index (χ1) is 7.66. The lowest BCUT2D eigenvalue weighted by Crippen LogP contribution is -2.12. The van der Waals surface area contributed by atoms with Gasteiger partial charge in [0.1, 0.15) is 5.78 Å². The SMILES string of the molecule is Cc1cccc(CSC2CCC(=O)C2C)c1. The van der Waals surface area contributed by atoms with E-state index in [9.17, 15) is 4.79 Å². The normalized spacial score (nSPS) is 25.0. The molecule has 0 amide bonds. The highest BCUT2D eigenvalue weighted by Crippen LogP contribution is 2.34. The van der Waals surface area contributed by atoms with E-state index in [1.54, 1.807) is 0 Å². The first-order valence-corrected chi connectivity index (χ1v) is 6.91. The number of carbonyl (C=O) groups excluding carboxylic acids is 1. The molecule has 2 atom stereocenters. The van der Waals surface area contributed by atoms with Gasteiger partial charge in [0.15, 0.2) is 0 Å². The molecule has 0 N–H and O–H groups in total. The number of hydrogen-bond acceptors (Lipinski definition) is 2. The summed E-state index contributed by atoms with van der Waals surface area (Å²) in [7, 11) is 0. The summed E-state index contributed by atoms with van der Waals surface area (Å²) in [6.45, 7) is 4.19. The van der Waals surface area contributed by atoms with Crippen molar-refractivity contribution < 1.29 is 4.79 Å². The molecule has 1 fully saturated rings. The number of aryl methyl sites for hydroxylation is 1. The Labute approximate surface area is 102 Å². The summed E-state index contributed by atoms with van der Waals surface area (Å²) in [6, 6.07) is 8.63. The van der Waals surface area contributed by atoms with Crippen LogP contribution in [-0.4, -0.2) is 11.0 Å². The van der Waals surface area contributed by atoms with Gasteiger partial charge in [0, 0.05) is 23.3 Å². The van der Waals surface area contributed by atoms with E-state index in [0.29, 0.717) is 11.0 Å². The molecule has 0 spiro atoms. The summed E-state index contributed by atoms with van der Waals surface area (Å²) >= 11 is 1.94. The van der Waals surface area contributed by atoms with Gasteiger partial charge < -0.3 is 0 Å². The van der Waals surface area contributed by atoms with E-state index in [1.807, 2.05) is 11.8 Å². The largest absolute Gasteiger partial charge is 0.299 e. The van der Waals surface area contributed by atoms with Crippen LogP contribution in [0.15, 0.2) is 24.3 Å². The zero-order chi connectivity index (χ0) is 11.5. The molecule has 86 valence electrons. The van der Waals surface area contributed by atoms with Gasteiger partial charge in [0.2, 0.25) is 0 Å². The first-order valence-electron chi connectivity index (χ1n) is 5.86. The molecular formula is C14H18OS. The fraction of sp³-hybridized carbons (Fsp3) is 0.500. The van der Waals surface area contributed by atoms with Crippen LogP contribution in [0, 0.1) is 12.8 Å². The van der Waals surface area contributed by atoms with Crippen molar-refractivity contribution in [2.24, 2.45) is 5.92 Å². The predicted molar refractivity (Wildman–Crippen MR) is 69.7 cm³/mol. The summed E-state index contributed by atoms with van der Waals surface area (Å²) in [5.74, 6) is 1.74. The Bertz CT molecular complexity index is 386. The standard InChI is InChI=1S/C14H18OS/c1-10-4-3-5-12(8-10)9-16-14-7-6-13(15)11(14)2/h3-5,8,11,14H,6-7,9H2,1-2H3. The van der Waals surface area contributed by atoms with Crippen LogP contribution in [0.2, 0.25) is 0 Å². The number of hydrogen-bond donors (Lipinski definition) is 0. The van der Waals surface area contributed by atoms with Crippen molar-refractivity contribution in [2.75, 3.05) is 0 Å². The average molecular weight is 234 g/mol. The number of benzene rings is 1.